The quantitative estimate of drug-likeness (QED) is 0.859. The van der Waals surface area contributed by atoms with E-state index in [2.05, 4.69) is 4.98 Å². The number of benzene rings is 1. The van der Waals surface area contributed by atoms with E-state index in [1.54, 1.807) is 49.7 Å². The normalized spacial score (nSPS) is 11.2. The number of Topliss-reactive ketones (excluding diaryl/α,β-unsaturated/α-hetero) is 1. The molecule has 112 valence electrons. The van der Waals surface area contributed by atoms with Gasteiger partial charge in [0.05, 0.1) is 20.3 Å². The molecule has 0 spiro atoms. The van der Waals surface area contributed by atoms with Gasteiger partial charge in [0.25, 0.3) is 0 Å². The van der Waals surface area contributed by atoms with E-state index < -0.39 is 6.04 Å². The summed E-state index contributed by atoms with van der Waals surface area (Å²) in [5, 5.41) is 0. The Kier molecular flexibility index (Phi) is 6.14. The molecule has 2 N–H and O–H groups in total. The summed E-state index contributed by atoms with van der Waals surface area (Å²) in [6.45, 7) is 0. The third kappa shape index (κ3) is 3.93. The molecule has 5 nitrogen and oxygen atoms in total. The summed E-state index contributed by atoms with van der Waals surface area (Å²) >= 11 is 0. The Labute approximate surface area is 129 Å². The van der Waals surface area contributed by atoms with Crippen LogP contribution < -0.4 is 15.2 Å². The molecule has 6 heteroatoms. The average molecular weight is 309 g/mol. The molecule has 1 aromatic carbocycles. The predicted octanol–water partition coefficient (Wildman–Crippen LogP) is 2.40. The van der Waals surface area contributed by atoms with E-state index in [1.807, 2.05) is 0 Å². The molecule has 0 aliphatic carbocycles. The van der Waals surface area contributed by atoms with Gasteiger partial charge in [-0.2, -0.15) is 0 Å². The molecule has 2 aromatic rings. The third-order valence-electron chi connectivity index (χ3n) is 2.98. The zero-order chi connectivity index (χ0) is 14.5. The van der Waals surface area contributed by atoms with Gasteiger partial charge in [-0.3, -0.25) is 4.79 Å². The van der Waals surface area contributed by atoms with E-state index in [0.717, 1.165) is 0 Å². The third-order valence-corrected chi connectivity index (χ3v) is 2.98. The lowest BCUT2D eigenvalue weighted by Gasteiger charge is -2.11. The highest BCUT2D eigenvalue weighted by Crippen LogP contribution is 2.19. The first kappa shape index (κ1) is 16.9. The maximum atomic E-state index is 12.3. The zero-order valence-electron chi connectivity index (χ0n) is 11.8. The lowest BCUT2D eigenvalue weighted by molar-refractivity contribution is 0.0961. The van der Waals surface area contributed by atoms with Crippen molar-refractivity contribution in [2.45, 2.75) is 6.04 Å². The Morgan fingerprint density at radius 2 is 1.76 bits per heavy atom. The molecule has 1 aromatic heterocycles. The highest BCUT2D eigenvalue weighted by atomic mass is 35.5. The number of hydrogen-bond acceptors (Lipinski definition) is 5. The van der Waals surface area contributed by atoms with Crippen LogP contribution in [0.1, 0.15) is 22.0 Å². The Balaban J connectivity index is 0.00000220. The van der Waals surface area contributed by atoms with Crippen LogP contribution in [-0.4, -0.2) is 25.0 Å². The molecule has 0 aliphatic rings. The van der Waals surface area contributed by atoms with E-state index in [1.165, 1.54) is 7.11 Å². The maximum Gasteiger partial charge on any atom is 0.212 e. The number of carbonyl (C=O) groups is 1. The summed E-state index contributed by atoms with van der Waals surface area (Å²) in [5.41, 5.74) is 7.15. The largest absolute Gasteiger partial charge is 0.497 e. The van der Waals surface area contributed by atoms with Crippen LogP contribution in [0, 0.1) is 0 Å². The fourth-order valence-corrected chi connectivity index (χ4v) is 1.78. The molecule has 1 heterocycles. The highest BCUT2D eigenvalue weighted by molar-refractivity contribution is 6.00. The number of aromatic nitrogens is 1. The fourth-order valence-electron chi connectivity index (χ4n) is 1.78. The lowest BCUT2D eigenvalue weighted by Crippen LogP contribution is -2.21. The van der Waals surface area contributed by atoms with Crippen molar-refractivity contribution in [2.75, 3.05) is 14.2 Å². The number of methoxy groups -OCH3 is 2. The van der Waals surface area contributed by atoms with Crippen LogP contribution in [0.5, 0.6) is 11.6 Å². The summed E-state index contributed by atoms with van der Waals surface area (Å²) in [4.78, 5) is 16.3. The SMILES string of the molecule is COc1ccc(C(=O)C(N)c2ccc(OC)nc2)cc1.Cl. The van der Waals surface area contributed by atoms with Crippen LogP contribution in [0.15, 0.2) is 42.6 Å². The van der Waals surface area contributed by atoms with Crippen LogP contribution in [0.4, 0.5) is 0 Å². The molecule has 1 atom stereocenters. The van der Waals surface area contributed by atoms with Crippen LogP contribution in [0.2, 0.25) is 0 Å². The van der Waals surface area contributed by atoms with E-state index >= 15 is 0 Å². The van der Waals surface area contributed by atoms with Gasteiger partial charge in [-0.05, 0) is 29.8 Å². The Hall–Kier alpha value is -2.11. The molecule has 0 saturated carbocycles. The van der Waals surface area contributed by atoms with Crippen molar-refractivity contribution < 1.29 is 14.3 Å². The maximum absolute atomic E-state index is 12.3. The van der Waals surface area contributed by atoms with Gasteiger partial charge in [-0.15, -0.1) is 12.4 Å². The molecular formula is C15H17ClN2O3. The van der Waals surface area contributed by atoms with Crippen LogP contribution in [-0.2, 0) is 0 Å². The van der Waals surface area contributed by atoms with Gasteiger partial charge in [0.15, 0.2) is 5.78 Å². The number of nitrogens with two attached hydrogens (primary N) is 1. The Bertz CT molecular complexity index is 585. The van der Waals surface area contributed by atoms with Gasteiger partial charge < -0.3 is 15.2 Å². The van der Waals surface area contributed by atoms with Crippen LogP contribution in [0.25, 0.3) is 0 Å². The number of carbonyl (C=O) groups excluding carboxylic acids is 1. The fraction of sp³-hybridized carbons (Fsp3) is 0.200. The minimum absolute atomic E-state index is 0. The summed E-state index contributed by atoms with van der Waals surface area (Å²) < 4.78 is 10.0. The molecule has 0 bridgehead atoms. The first-order chi connectivity index (χ1) is 9.65. The van der Waals surface area contributed by atoms with E-state index in [0.29, 0.717) is 22.8 Å². The van der Waals surface area contributed by atoms with Crippen molar-refractivity contribution >= 4 is 18.2 Å². The molecule has 0 aliphatic heterocycles. The first-order valence-electron chi connectivity index (χ1n) is 6.09. The standard InChI is InChI=1S/C15H16N2O3.ClH/c1-19-12-6-3-10(4-7-12)15(18)14(16)11-5-8-13(20-2)17-9-11;/h3-9,14H,16H2,1-2H3;1H. The van der Waals surface area contributed by atoms with Crippen molar-refractivity contribution in [1.82, 2.24) is 4.98 Å². The molecule has 0 amide bonds. The number of ether oxygens (including phenoxy) is 2. The average Bonchev–Trinajstić information content (AvgIpc) is 2.53. The molecule has 0 fully saturated rings. The second kappa shape index (κ2) is 7.61. The molecule has 0 saturated heterocycles. The monoisotopic (exact) mass is 308 g/mol. The molecule has 1 unspecified atom stereocenters. The zero-order valence-corrected chi connectivity index (χ0v) is 12.6. The van der Waals surface area contributed by atoms with Crippen LogP contribution in [0.3, 0.4) is 0 Å². The van der Waals surface area contributed by atoms with E-state index in [4.69, 9.17) is 15.2 Å². The molecular weight excluding hydrogens is 292 g/mol. The predicted molar refractivity (Wildman–Crippen MR) is 82.3 cm³/mol. The number of rotatable bonds is 5. The van der Waals surface area contributed by atoms with Crippen molar-refractivity contribution in [1.29, 1.82) is 0 Å². The minimum atomic E-state index is -0.748. The lowest BCUT2D eigenvalue weighted by atomic mass is 9.99. The first-order valence-corrected chi connectivity index (χ1v) is 6.09. The number of hydrogen-bond donors (Lipinski definition) is 1. The number of ketones is 1. The highest BCUT2D eigenvalue weighted by Gasteiger charge is 2.18. The van der Waals surface area contributed by atoms with Gasteiger partial charge in [-0.1, -0.05) is 6.07 Å². The molecule has 21 heavy (non-hydrogen) atoms. The van der Waals surface area contributed by atoms with E-state index in [9.17, 15) is 4.79 Å². The van der Waals surface area contributed by atoms with Crippen molar-refractivity contribution in [3.05, 3.63) is 53.7 Å². The van der Waals surface area contributed by atoms with Crippen molar-refractivity contribution in [2.24, 2.45) is 5.73 Å². The summed E-state index contributed by atoms with van der Waals surface area (Å²) in [6.07, 6.45) is 1.55. The Morgan fingerprint density at radius 3 is 2.24 bits per heavy atom. The number of halogens is 1. The summed E-state index contributed by atoms with van der Waals surface area (Å²) in [5.74, 6) is 1.01. The van der Waals surface area contributed by atoms with Gasteiger partial charge in [0.1, 0.15) is 5.75 Å². The smallest absolute Gasteiger partial charge is 0.212 e. The van der Waals surface area contributed by atoms with Crippen molar-refractivity contribution in [3.63, 3.8) is 0 Å². The number of nitrogens with zero attached hydrogens (tertiary/aromatic N) is 1. The Morgan fingerprint density at radius 1 is 1.10 bits per heavy atom. The molecule has 0 radical (unpaired) electrons. The van der Waals surface area contributed by atoms with Crippen molar-refractivity contribution in [3.8, 4) is 11.6 Å². The second-order valence-electron chi connectivity index (χ2n) is 4.20. The summed E-state index contributed by atoms with van der Waals surface area (Å²) in [6, 6.07) is 9.50. The minimum Gasteiger partial charge on any atom is -0.497 e. The topological polar surface area (TPSA) is 74.4 Å². The van der Waals surface area contributed by atoms with Gasteiger partial charge >= 0.3 is 0 Å². The van der Waals surface area contributed by atoms with Crippen LogP contribution >= 0.6 is 12.4 Å². The summed E-state index contributed by atoms with van der Waals surface area (Å²) in [7, 11) is 3.11. The van der Waals surface area contributed by atoms with Gasteiger partial charge in [-0.25, -0.2) is 4.98 Å². The molecule has 2 rings (SSSR count). The second-order valence-corrected chi connectivity index (χ2v) is 4.20. The van der Waals surface area contributed by atoms with Gasteiger partial charge in [0, 0.05) is 17.8 Å². The number of pyridine rings is 1. The van der Waals surface area contributed by atoms with E-state index in [-0.39, 0.29) is 18.2 Å². The van der Waals surface area contributed by atoms with Gasteiger partial charge in [0.2, 0.25) is 5.88 Å².